The van der Waals surface area contributed by atoms with Crippen LogP contribution in [0.4, 0.5) is 18.9 Å². The molecule has 0 N–H and O–H groups in total. The Labute approximate surface area is 193 Å². The molecule has 1 fully saturated rings. The van der Waals surface area contributed by atoms with Crippen molar-refractivity contribution in [3.8, 4) is 5.82 Å². The fourth-order valence-corrected chi connectivity index (χ4v) is 4.40. The van der Waals surface area contributed by atoms with Crippen molar-refractivity contribution in [1.82, 2.24) is 24.9 Å². The number of aryl methyl sites for hydroxylation is 2. The van der Waals surface area contributed by atoms with Crippen molar-refractivity contribution < 1.29 is 18.0 Å². The molecule has 1 aromatic carbocycles. The maximum Gasteiger partial charge on any atom is 0.416 e. The molecular weight excluding hydrogens is 453 g/mol. The molecule has 0 saturated carbocycles. The highest BCUT2D eigenvalue weighted by Crippen LogP contribution is 2.32. The Balaban J connectivity index is 1.29. The number of thioether (sulfide) groups is 1. The van der Waals surface area contributed by atoms with E-state index in [9.17, 15) is 18.0 Å². The molecule has 0 unspecified atom stereocenters. The second-order valence-electron chi connectivity index (χ2n) is 7.77. The topological polar surface area (TPSA) is 67.2 Å². The second-order valence-corrected chi connectivity index (χ2v) is 8.77. The number of piperazine rings is 1. The van der Waals surface area contributed by atoms with Crippen LogP contribution in [0.2, 0.25) is 0 Å². The van der Waals surface area contributed by atoms with Crippen LogP contribution in [0.15, 0.2) is 47.5 Å². The van der Waals surface area contributed by atoms with Crippen LogP contribution < -0.4 is 4.90 Å². The highest BCUT2D eigenvalue weighted by atomic mass is 32.2. The molecule has 1 aliphatic heterocycles. The maximum atomic E-state index is 13.0. The number of carbonyl (C=O) groups excluding carboxylic acids is 1. The van der Waals surface area contributed by atoms with Crippen LogP contribution in [0.3, 0.4) is 0 Å². The van der Waals surface area contributed by atoms with Crippen molar-refractivity contribution in [2.45, 2.75) is 25.0 Å². The van der Waals surface area contributed by atoms with Crippen LogP contribution in [0, 0.1) is 13.8 Å². The van der Waals surface area contributed by atoms with Gasteiger partial charge in [0.05, 0.1) is 17.0 Å². The molecule has 0 atom stereocenters. The Morgan fingerprint density at radius 1 is 1.03 bits per heavy atom. The minimum absolute atomic E-state index is 0.0342. The first-order valence-corrected chi connectivity index (χ1v) is 11.4. The molecule has 1 saturated heterocycles. The molecule has 3 aromatic rings. The molecule has 1 amide bonds. The van der Waals surface area contributed by atoms with E-state index in [0.717, 1.165) is 23.5 Å². The molecular formula is C22H23F3N6OS. The molecule has 33 heavy (non-hydrogen) atoms. The smallest absolute Gasteiger partial charge is 0.368 e. The number of rotatable bonds is 5. The second kappa shape index (κ2) is 9.42. The third kappa shape index (κ3) is 5.47. The monoisotopic (exact) mass is 476 g/mol. The van der Waals surface area contributed by atoms with Crippen LogP contribution in [-0.4, -0.2) is 62.7 Å². The van der Waals surface area contributed by atoms with Gasteiger partial charge in [0.25, 0.3) is 0 Å². The van der Waals surface area contributed by atoms with E-state index in [1.807, 2.05) is 36.9 Å². The molecule has 3 heterocycles. The molecule has 0 bridgehead atoms. The van der Waals surface area contributed by atoms with Gasteiger partial charge < -0.3 is 9.80 Å². The summed E-state index contributed by atoms with van der Waals surface area (Å²) in [6.07, 6.45) is -4.37. The van der Waals surface area contributed by atoms with Crippen molar-refractivity contribution >= 4 is 23.4 Å². The number of hydrogen-bond donors (Lipinski definition) is 0. The number of aromatic nitrogens is 4. The summed E-state index contributed by atoms with van der Waals surface area (Å²) in [4.78, 5) is 16.2. The fourth-order valence-electron chi connectivity index (χ4n) is 3.68. The lowest BCUT2D eigenvalue weighted by molar-refractivity contribution is -0.137. The third-order valence-corrected chi connectivity index (χ3v) is 6.27. The van der Waals surface area contributed by atoms with Gasteiger partial charge in [-0.2, -0.15) is 18.3 Å². The molecule has 11 heteroatoms. The lowest BCUT2D eigenvalue weighted by atomic mass is 10.1. The predicted octanol–water partition coefficient (Wildman–Crippen LogP) is 3.74. The molecule has 0 spiro atoms. The maximum absolute atomic E-state index is 13.0. The summed E-state index contributed by atoms with van der Waals surface area (Å²) in [5, 5.41) is 13.4. The van der Waals surface area contributed by atoms with Gasteiger partial charge in [0.1, 0.15) is 5.03 Å². The average molecular weight is 477 g/mol. The Bertz CT molecular complexity index is 1120. The van der Waals surface area contributed by atoms with E-state index in [0.29, 0.717) is 42.7 Å². The zero-order valence-corrected chi connectivity index (χ0v) is 19.0. The van der Waals surface area contributed by atoms with E-state index in [1.54, 1.807) is 15.6 Å². The first kappa shape index (κ1) is 23.1. The molecule has 1 aliphatic rings. The van der Waals surface area contributed by atoms with E-state index >= 15 is 0 Å². The Kier molecular flexibility index (Phi) is 6.59. The Hall–Kier alpha value is -3.08. The minimum atomic E-state index is -4.37. The van der Waals surface area contributed by atoms with Crippen molar-refractivity contribution in [2.24, 2.45) is 0 Å². The van der Waals surface area contributed by atoms with E-state index in [-0.39, 0.29) is 11.7 Å². The number of anilines is 1. The zero-order chi connectivity index (χ0) is 23.6. The van der Waals surface area contributed by atoms with Gasteiger partial charge in [-0.3, -0.25) is 4.79 Å². The molecule has 4 rings (SSSR count). The zero-order valence-electron chi connectivity index (χ0n) is 18.2. The lowest BCUT2D eigenvalue weighted by Crippen LogP contribution is -2.49. The Morgan fingerprint density at radius 3 is 2.39 bits per heavy atom. The van der Waals surface area contributed by atoms with Crippen LogP contribution in [-0.2, 0) is 11.0 Å². The van der Waals surface area contributed by atoms with Gasteiger partial charge in [-0.1, -0.05) is 17.8 Å². The van der Waals surface area contributed by atoms with Gasteiger partial charge in [0, 0.05) is 37.6 Å². The molecule has 2 aromatic heterocycles. The van der Waals surface area contributed by atoms with Crippen molar-refractivity contribution in [3.63, 3.8) is 0 Å². The summed E-state index contributed by atoms with van der Waals surface area (Å²) in [6, 6.07) is 10.9. The van der Waals surface area contributed by atoms with Gasteiger partial charge >= 0.3 is 6.18 Å². The standard InChI is InChI=1S/C22H23F3N6OS/c1-15-12-16(2)31(28-15)19-6-7-20(27-26-19)33-14-21(32)30-10-8-29(9-11-30)18-5-3-4-17(13-18)22(23,24)25/h3-7,12-13H,8-11,14H2,1-2H3. The summed E-state index contributed by atoms with van der Waals surface area (Å²) < 4.78 is 40.6. The summed E-state index contributed by atoms with van der Waals surface area (Å²) in [7, 11) is 0. The van der Waals surface area contributed by atoms with Gasteiger partial charge in [-0.15, -0.1) is 10.2 Å². The lowest BCUT2D eigenvalue weighted by Gasteiger charge is -2.36. The highest BCUT2D eigenvalue weighted by Gasteiger charge is 2.31. The number of carbonyl (C=O) groups is 1. The molecule has 7 nitrogen and oxygen atoms in total. The third-order valence-electron chi connectivity index (χ3n) is 5.37. The van der Waals surface area contributed by atoms with Crippen LogP contribution >= 0.6 is 11.8 Å². The van der Waals surface area contributed by atoms with Crippen LogP contribution in [0.1, 0.15) is 17.0 Å². The normalized spacial score (nSPS) is 14.6. The number of nitrogens with zero attached hydrogens (tertiary/aromatic N) is 6. The highest BCUT2D eigenvalue weighted by molar-refractivity contribution is 7.99. The quantitative estimate of drug-likeness (QED) is 0.523. The van der Waals surface area contributed by atoms with E-state index in [2.05, 4.69) is 15.3 Å². The number of alkyl halides is 3. The van der Waals surface area contributed by atoms with Crippen molar-refractivity contribution in [1.29, 1.82) is 0 Å². The van der Waals surface area contributed by atoms with Crippen molar-refractivity contribution in [3.05, 3.63) is 59.4 Å². The fraction of sp³-hybridized carbons (Fsp3) is 0.364. The van der Waals surface area contributed by atoms with E-state index in [4.69, 9.17) is 0 Å². The summed E-state index contributed by atoms with van der Waals surface area (Å²) in [5.41, 5.74) is 1.71. The van der Waals surface area contributed by atoms with Gasteiger partial charge in [0.15, 0.2) is 5.82 Å². The summed E-state index contributed by atoms with van der Waals surface area (Å²) in [5.74, 6) is 0.799. The SMILES string of the molecule is Cc1cc(C)n(-c2ccc(SCC(=O)N3CCN(c4cccc(C(F)(F)F)c4)CC3)nn2)n1. The van der Waals surface area contributed by atoms with Crippen LogP contribution in [0.25, 0.3) is 5.82 Å². The van der Waals surface area contributed by atoms with Gasteiger partial charge in [0.2, 0.25) is 5.91 Å². The van der Waals surface area contributed by atoms with Crippen molar-refractivity contribution in [2.75, 3.05) is 36.8 Å². The molecule has 174 valence electrons. The number of amides is 1. The van der Waals surface area contributed by atoms with E-state index in [1.165, 1.54) is 17.8 Å². The van der Waals surface area contributed by atoms with Crippen LogP contribution in [0.5, 0.6) is 0 Å². The first-order chi connectivity index (χ1) is 15.7. The molecule has 0 aliphatic carbocycles. The molecule has 0 radical (unpaired) electrons. The average Bonchev–Trinajstić information content (AvgIpc) is 3.15. The Morgan fingerprint density at radius 2 is 1.79 bits per heavy atom. The minimum Gasteiger partial charge on any atom is -0.368 e. The predicted molar refractivity (Wildman–Crippen MR) is 120 cm³/mol. The summed E-state index contributed by atoms with van der Waals surface area (Å²) >= 11 is 1.30. The first-order valence-electron chi connectivity index (χ1n) is 10.4. The number of halogens is 3. The number of hydrogen-bond acceptors (Lipinski definition) is 6. The summed E-state index contributed by atoms with van der Waals surface area (Å²) in [6.45, 7) is 5.72. The number of benzene rings is 1. The van der Waals surface area contributed by atoms with E-state index < -0.39 is 11.7 Å². The van der Waals surface area contributed by atoms with Gasteiger partial charge in [-0.25, -0.2) is 4.68 Å². The largest absolute Gasteiger partial charge is 0.416 e. The van der Waals surface area contributed by atoms with Gasteiger partial charge in [-0.05, 0) is 50.2 Å².